The highest BCUT2D eigenvalue weighted by Crippen LogP contribution is 2.32. The van der Waals surface area contributed by atoms with Crippen LogP contribution in [0.15, 0.2) is 48.5 Å². The molecule has 0 spiro atoms. The molecule has 25 heavy (non-hydrogen) atoms. The summed E-state index contributed by atoms with van der Waals surface area (Å²) in [6.07, 6.45) is -1.16. The maximum absolute atomic E-state index is 12.4. The van der Waals surface area contributed by atoms with E-state index in [-0.39, 0.29) is 11.3 Å². The minimum Gasteiger partial charge on any atom is -0.362 e. The number of halogens is 4. The van der Waals surface area contributed by atoms with E-state index in [0.717, 1.165) is 0 Å². The lowest BCUT2D eigenvalue weighted by atomic mass is 10.1. The lowest BCUT2D eigenvalue weighted by Gasteiger charge is -2.27. The third-order valence-corrected chi connectivity index (χ3v) is 3.97. The number of nitro benzene ring substituents is 1. The van der Waals surface area contributed by atoms with Crippen molar-refractivity contribution in [3.8, 4) is 0 Å². The standard InChI is InChI=1S/C15H11Cl4N3O3/c16-9-4-3-5-10(8-9)20-14(15(17,18)19)21-13(23)11-6-1-2-7-12(11)22(24)25/h1-8,14,20H,(H,21,23)/t14-/m1/s1. The highest BCUT2D eigenvalue weighted by Gasteiger charge is 2.35. The number of carbonyl (C=O) groups is 1. The van der Waals surface area contributed by atoms with Crippen LogP contribution in [-0.4, -0.2) is 20.8 Å². The summed E-state index contributed by atoms with van der Waals surface area (Å²) in [4.78, 5) is 22.8. The van der Waals surface area contributed by atoms with E-state index in [1.165, 1.54) is 24.3 Å². The highest BCUT2D eigenvalue weighted by molar-refractivity contribution is 6.68. The van der Waals surface area contributed by atoms with Gasteiger partial charge in [-0.25, -0.2) is 0 Å². The van der Waals surface area contributed by atoms with Crippen LogP contribution < -0.4 is 10.6 Å². The van der Waals surface area contributed by atoms with Crippen molar-refractivity contribution in [2.24, 2.45) is 0 Å². The van der Waals surface area contributed by atoms with Gasteiger partial charge in [-0.05, 0) is 24.3 Å². The molecule has 0 unspecified atom stereocenters. The monoisotopic (exact) mass is 421 g/mol. The lowest BCUT2D eigenvalue weighted by molar-refractivity contribution is -0.385. The predicted molar refractivity (Wildman–Crippen MR) is 99.7 cm³/mol. The van der Waals surface area contributed by atoms with Gasteiger partial charge in [0.15, 0.2) is 0 Å². The number of nitrogens with one attached hydrogen (secondary N) is 2. The molecule has 1 amide bonds. The number of amides is 1. The second-order valence-electron chi connectivity index (χ2n) is 4.88. The second-order valence-corrected chi connectivity index (χ2v) is 7.68. The number of hydrogen-bond acceptors (Lipinski definition) is 4. The SMILES string of the molecule is O=C(N[C@@H](Nc1cccc(Cl)c1)C(Cl)(Cl)Cl)c1ccccc1[N+](=O)[O-]. The van der Waals surface area contributed by atoms with Crippen LogP contribution >= 0.6 is 46.4 Å². The molecule has 0 bridgehead atoms. The molecule has 0 saturated heterocycles. The summed E-state index contributed by atoms with van der Waals surface area (Å²) in [6.45, 7) is 0. The molecule has 0 fully saturated rings. The van der Waals surface area contributed by atoms with Crippen molar-refractivity contribution in [2.75, 3.05) is 5.32 Å². The van der Waals surface area contributed by atoms with Gasteiger partial charge in [0, 0.05) is 16.8 Å². The fourth-order valence-electron chi connectivity index (χ4n) is 1.98. The first-order chi connectivity index (χ1) is 11.7. The maximum Gasteiger partial charge on any atom is 0.282 e. The van der Waals surface area contributed by atoms with Gasteiger partial charge in [0.05, 0.1) is 4.92 Å². The Balaban J connectivity index is 2.26. The van der Waals surface area contributed by atoms with Gasteiger partial charge in [0.2, 0.25) is 3.79 Å². The van der Waals surface area contributed by atoms with Gasteiger partial charge in [-0.1, -0.05) is 64.6 Å². The average Bonchev–Trinajstić information content (AvgIpc) is 2.53. The molecule has 10 heteroatoms. The Kier molecular flexibility index (Phi) is 6.35. The van der Waals surface area contributed by atoms with Crippen LogP contribution in [0.25, 0.3) is 0 Å². The van der Waals surface area contributed by atoms with Gasteiger partial charge in [0.1, 0.15) is 11.7 Å². The molecule has 0 saturated carbocycles. The number of para-hydroxylation sites is 1. The van der Waals surface area contributed by atoms with E-state index in [1.807, 2.05) is 0 Å². The number of nitro groups is 1. The molecular weight excluding hydrogens is 412 g/mol. The zero-order chi connectivity index (χ0) is 18.6. The quantitative estimate of drug-likeness (QED) is 0.314. The Bertz CT molecular complexity index is 796. The molecule has 0 radical (unpaired) electrons. The zero-order valence-corrected chi connectivity index (χ0v) is 15.4. The first kappa shape index (κ1) is 19.6. The molecule has 0 heterocycles. The van der Waals surface area contributed by atoms with Crippen LogP contribution in [0, 0.1) is 10.1 Å². The molecule has 2 aromatic carbocycles. The van der Waals surface area contributed by atoms with Crippen LogP contribution in [-0.2, 0) is 0 Å². The van der Waals surface area contributed by atoms with E-state index in [0.29, 0.717) is 10.7 Å². The molecule has 0 aliphatic carbocycles. The fourth-order valence-corrected chi connectivity index (χ4v) is 2.50. The topological polar surface area (TPSA) is 84.3 Å². The van der Waals surface area contributed by atoms with Gasteiger partial charge in [0.25, 0.3) is 11.6 Å². The minimum atomic E-state index is -1.93. The summed E-state index contributed by atoms with van der Waals surface area (Å²) in [6, 6.07) is 12.0. The Labute approximate surface area is 163 Å². The number of rotatable bonds is 5. The van der Waals surface area contributed by atoms with E-state index in [9.17, 15) is 14.9 Å². The fraction of sp³-hybridized carbons (Fsp3) is 0.133. The summed E-state index contributed by atoms with van der Waals surface area (Å²) in [7, 11) is 0. The highest BCUT2D eigenvalue weighted by atomic mass is 35.6. The van der Waals surface area contributed by atoms with Crippen LogP contribution in [0.3, 0.4) is 0 Å². The summed E-state index contributed by atoms with van der Waals surface area (Å²) in [5, 5.41) is 16.8. The number of carbonyl (C=O) groups excluding carboxylic acids is 1. The predicted octanol–water partition coefficient (Wildman–Crippen LogP) is 4.79. The zero-order valence-electron chi connectivity index (χ0n) is 12.4. The van der Waals surface area contributed by atoms with Gasteiger partial charge < -0.3 is 10.6 Å². The molecular formula is C15H11Cl4N3O3. The van der Waals surface area contributed by atoms with Gasteiger partial charge in [-0.2, -0.15) is 0 Å². The number of anilines is 1. The smallest absolute Gasteiger partial charge is 0.282 e. The Morgan fingerprint density at radius 1 is 1.12 bits per heavy atom. The van der Waals surface area contributed by atoms with Crippen LogP contribution in [0.2, 0.25) is 5.02 Å². The first-order valence-corrected chi connectivity index (χ1v) is 8.33. The molecule has 0 aliphatic rings. The molecule has 0 aromatic heterocycles. The molecule has 2 aromatic rings. The van der Waals surface area contributed by atoms with E-state index >= 15 is 0 Å². The van der Waals surface area contributed by atoms with Crippen molar-refractivity contribution in [3.63, 3.8) is 0 Å². The maximum atomic E-state index is 12.4. The third kappa shape index (κ3) is 5.37. The molecule has 2 rings (SSSR count). The molecule has 2 N–H and O–H groups in total. The van der Waals surface area contributed by atoms with Crippen molar-refractivity contribution in [2.45, 2.75) is 9.96 Å². The van der Waals surface area contributed by atoms with Crippen LogP contribution in [0.5, 0.6) is 0 Å². The van der Waals surface area contributed by atoms with Crippen LogP contribution in [0.1, 0.15) is 10.4 Å². The van der Waals surface area contributed by atoms with Crippen molar-refractivity contribution in [1.82, 2.24) is 5.32 Å². The average molecular weight is 423 g/mol. The second kappa shape index (κ2) is 8.10. The van der Waals surface area contributed by atoms with Crippen molar-refractivity contribution < 1.29 is 9.72 Å². The van der Waals surface area contributed by atoms with E-state index in [1.54, 1.807) is 24.3 Å². The molecule has 6 nitrogen and oxygen atoms in total. The summed E-state index contributed by atoms with van der Waals surface area (Å²) >= 11 is 23.6. The van der Waals surface area contributed by atoms with Crippen molar-refractivity contribution in [1.29, 1.82) is 0 Å². The number of hydrogen-bond donors (Lipinski definition) is 2. The molecule has 0 aliphatic heterocycles. The van der Waals surface area contributed by atoms with E-state index in [4.69, 9.17) is 46.4 Å². The Hall–Kier alpha value is -1.73. The number of alkyl halides is 3. The lowest BCUT2D eigenvalue weighted by Crippen LogP contribution is -2.49. The molecule has 132 valence electrons. The largest absolute Gasteiger partial charge is 0.362 e. The van der Waals surface area contributed by atoms with Crippen molar-refractivity contribution >= 4 is 63.7 Å². The summed E-state index contributed by atoms with van der Waals surface area (Å²) in [5.41, 5.74) is -0.0165. The summed E-state index contributed by atoms with van der Waals surface area (Å²) < 4.78 is -1.93. The van der Waals surface area contributed by atoms with Gasteiger partial charge in [-0.15, -0.1) is 0 Å². The van der Waals surface area contributed by atoms with Gasteiger partial charge >= 0.3 is 0 Å². The van der Waals surface area contributed by atoms with Crippen LogP contribution in [0.4, 0.5) is 11.4 Å². The normalized spacial score (nSPS) is 12.3. The van der Waals surface area contributed by atoms with Gasteiger partial charge in [-0.3, -0.25) is 14.9 Å². The Morgan fingerprint density at radius 2 is 1.80 bits per heavy atom. The minimum absolute atomic E-state index is 0.153. The third-order valence-electron chi connectivity index (χ3n) is 3.08. The Morgan fingerprint density at radius 3 is 2.40 bits per heavy atom. The van der Waals surface area contributed by atoms with E-state index < -0.39 is 20.8 Å². The molecule has 1 atom stereocenters. The number of nitrogens with zero attached hydrogens (tertiary/aromatic N) is 1. The summed E-state index contributed by atoms with van der Waals surface area (Å²) in [5.74, 6) is -0.766. The first-order valence-electron chi connectivity index (χ1n) is 6.81. The van der Waals surface area contributed by atoms with E-state index in [2.05, 4.69) is 10.6 Å². The van der Waals surface area contributed by atoms with Crippen molar-refractivity contribution in [3.05, 3.63) is 69.2 Å². The number of benzene rings is 2.